The first-order valence-corrected chi connectivity index (χ1v) is 7.45. The van der Waals surface area contributed by atoms with Crippen molar-refractivity contribution in [2.75, 3.05) is 0 Å². The molecule has 124 valence electrons. The number of aromatic nitrogens is 2. The van der Waals surface area contributed by atoms with Crippen molar-refractivity contribution in [3.63, 3.8) is 0 Å². The number of aliphatic hydroxyl groups is 1. The van der Waals surface area contributed by atoms with Crippen molar-refractivity contribution < 1.29 is 18.3 Å². The third-order valence-electron chi connectivity index (χ3n) is 3.60. The Morgan fingerprint density at radius 1 is 1.17 bits per heavy atom. The van der Waals surface area contributed by atoms with Crippen LogP contribution in [0.2, 0.25) is 5.02 Å². The molecule has 0 spiro atoms. The summed E-state index contributed by atoms with van der Waals surface area (Å²) < 4.78 is 39.5. The fourth-order valence-electron chi connectivity index (χ4n) is 2.37. The zero-order valence-corrected chi connectivity index (χ0v) is 13.4. The van der Waals surface area contributed by atoms with Crippen molar-refractivity contribution in [2.24, 2.45) is 0 Å². The molecule has 1 heterocycles. The lowest BCUT2D eigenvalue weighted by Gasteiger charge is -2.28. The van der Waals surface area contributed by atoms with Gasteiger partial charge in [0.2, 0.25) is 5.60 Å². The molecule has 1 unspecified atom stereocenters. The number of benzene rings is 1. The number of halogens is 4. The molecule has 0 saturated carbocycles. The Morgan fingerprint density at radius 2 is 1.78 bits per heavy atom. The highest BCUT2D eigenvalue weighted by Gasteiger charge is 2.56. The van der Waals surface area contributed by atoms with Crippen LogP contribution in [0.5, 0.6) is 0 Å². The van der Waals surface area contributed by atoms with E-state index in [0.717, 1.165) is 11.1 Å². The van der Waals surface area contributed by atoms with Crippen molar-refractivity contribution in [3.8, 4) is 11.1 Å². The van der Waals surface area contributed by atoms with Gasteiger partial charge in [-0.1, -0.05) is 31.0 Å². The largest absolute Gasteiger partial charge is 0.424 e. The van der Waals surface area contributed by atoms with E-state index in [9.17, 15) is 18.3 Å². The van der Waals surface area contributed by atoms with Gasteiger partial charge in [0.15, 0.2) is 5.82 Å². The monoisotopic (exact) mass is 344 g/mol. The molecule has 0 fully saturated rings. The van der Waals surface area contributed by atoms with Gasteiger partial charge in [0, 0.05) is 23.0 Å². The number of aryl methyl sites for hydroxylation is 1. The highest BCUT2D eigenvalue weighted by atomic mass is 35.5. The van der Waals surface area contributed by atoms with Crippen molar-refractivity contribution >= 4 is 11.6 Å². The SMILES string of the molecule is CCCC(O)(c1ncc(-c2ccc(Cl)cc2C)cn1)C(F)(F)F. The fourth-order valence-corrected chi connectivity index (χ4v) is 2.60. The van der Waals surface area contributed by atoms with Gasteiger partial charge < -0.3 is 5.11 Å². The van der Waals surface area contributed by atoms with E-state index in [2.05, 4.69) is 9.97 Å². The van der Waals surface area contributed by atoms with E-state index in [4.69, 9.17) is 11.6 Å². The van der Waals surface area contributed by atoms with Crippen LogP contribution < -0.4 is 0 Å². The topological polar surface area (TPSA) is 46.0 Å². The number of nitrogens with zero attached hydrogens (tertiary/aromatic N) is 2. The van der Waals surface area contributed by atoms with Crippen LogP contribution in [0.15, 0.2) is 30.6 Å². The molecule has 2 rings (SSSR count). The summed E-state index contributed by atoms with van der Waals surface area (Å²) in [6.07, 6.45) is -2.61. The lowest BCUT2D eigenvalue weighted by Crippen LogP contribution is -2.43. The molecule has 0 radical (unpaired) electrons. The van der Waals surface area contributed by atoms with E-state index in [1.807, 2.05) is 6.92 Å². The standard InChI is InChI=1S/C16H16ClF3N2O/c1-3-6-15(23,16(18,19)20)14-21-8-11(9-22-14)13-5-4-12(17)7-10(13)2/h4-5,7-9,23H,3,6H2,1-2H3. The minimum atomic E-state index is -4.83. The van der Waals surface area contributed by atoms with E-state index in [1.54, 1.807) is 25.1 Å². The molecule has 0 amide bonds. The summed E-state index contributed by atoms with van der Waals surface area (Å²) in [5.74, 6) is -0.637. The predicted molar refractivity (Wildman–Crippen MR) is 82.1 cm³/mol. The number of hydrogen-bond acceptors (Lipinski definition) is 3. The number of rotatable bonds is 4. The summed E-state index contributed by atoms with van der Waals surface area (Å²) in [7, 11) is 0. The number of hydrogen-bond donors (Lipinski definition) is 1. The Labute approximate surface area is 137 Å². The third kappa shape index (κ3) is 3.48. The Hall–Kier alpha value is -1.66. The smallest absolute Gasteiger partial charge is 0.374 e. The van der Waals surface area contributed by atoms with Crippen LogP contribution in [0.4, 0.5) is 13.2 Å². The lowest BCUT2D eigenvalue weighted by molar-refractivity contribution is -0.272. The highest BCUT2D eigenvalue weighted by molar-refractivity contribution is 6.30. The van der Waals surface area contributed by atoms with E-state index in [0.29, 0.717) is 10.6 Å². The van der Waals surface area contributed by atoms with E-state index in [-0.39, 0.29) is 6.42 Å². The van der Waals surface area contributed by atoms with Gasteiger partial charge in [0.1, 0.15) is 0 Å². The van der Waals surface area contributed by atoms with Gasteiger partial charge in [-0.15, -0.1) is 0 Å². The molecule has 1 aromatic carbocycles. The Balaban J connectivity index is 2.42. The van der Waals surface area contributed by atoms with Crippen molar-refractivity contribution in [3.05, 3.63) is 47.0 Å². The van der Waals surface area contributed by atoms with E-state index >= 15 is 0 Å². The molecule has 0 aliphatic rings. The average Bonchev–Trinajstić information content (AvgIpc) is 2.46. The number of alkyl halides is 3. The van der Waals surface area contributed by atoms with Crippen LogP contribution in [0, 0.1) is 6.92 Å². The minimum Gasteiger partial charge on any atom is -0.374 e. The molecule has 0 saturated heterocycles. The summed E-state index contributed by atoms with van der Waals surface area (Å²) in [6.45, 7) is 3.39. The molecule has 7 heteroatoms. The summed E-state index contributed by atoms with van der Waals surface area (Å²) >= 11 is 5.89. The van der Waals surface area contributed by atoms with Gasteiger partial charge in [-0.2, -0.15) is 13.2 Å². The minimum absolute atomic E-state index is 0.150. The highest BCUT2D eigenvalue weighted by Crippen LogP contribution is 2.41. The normalized spacial score (nSPS) is 14.6. The van der Waals surface area contributed by atoms with Crippen molar-refractivity contribution in [1.82, 2.24) is 9.97 Å². The maximum absolute atomic E-state index is 13.2. The summed E-state index contributed by atoms with van der Waals surface area (Å²) in [6, 6.07) is 5.17. The van der Waals surface area contributed by atoms with Gasteiger partial charge in [0.05, 0.1) is 0 Å². The zero-order valence-electron chi connectivity index (χ0n) is 12.7. The Morgan fingerprint density at radius 3 is 2.26 bits per heavy atom. The fraction of sp³-hybridized carbons (Fsp3) is 0.375. The van der Waals surface area contributed by atoms with Crippen LogP contribution in [0.1, 0.15) is 31.2 Å². The van der Waals surface area contributed by atoms with Gasteiger partial charge in [-0.3, -0.25) is 0 Å². The molecule has 2 aromatic rings. The van der Waals surface area contributed by atoms with Crippen LogP contribution in [-0.4, -0.2) is 21.3 Å². The first-order valence-electron chi connectivity index (χ1n) is 7.07. The summed E-state index contributed by atoms with van der Waals surface area (Å²) in [5, 5.41) is 10.6. The van der Waals surface area contributed by atoms with Crippen LogP contribution in [0.3, 0.4) is 0 Å². The molecule has 0 bridgehead atoms. The zero-order chi connectivity index (χ0) is 17.3. The maximum Gasteiger partial charge on any atom is 0.424 e. The summed E-state index contributed by atoms with van der Waals surface area (Å²) in [4.78, 5) is 7.52. The maximum atomic E-state index is 13.2. The van der Waals surface area contributed by atoms with E-state index in [1.165, 1.54) is 12.4 Å². The molecular weight excluding hydrogens is 329 g/mol. The van der Waals surface area contributed by atoms with Crippen LogP contribution in [-0.2, 0) is 5.60 Å². The molecule has 0 aliphatic heterocycles. The molecule has 1 atom stereocenters. The Bertz CT molecular complexity index is 689. The molecule has 1 N–H and O–H groups in total. The van der Waals surface area contributed by atoms with Crippen molar-refractivity contribution in [2.45, 2.75) is 38.5 Å². The van der Waals surface area contributed by atoms with Crippen LogP contribution in [0.25, 0.3) is 11.1 Å². The van der Waals surface area contributed by atoms with Gasteiger partial charge in [-0.25, -0.2) is 9.97 Å². The average molecular weight is 345 g/mol. The second kappa shape index (κ2) is 6.45. The second-order valence-corrected chi connectivity index (χ2v) is 5.80. The molecule has 3 nitrogen and oxygen atoms in total. The first kappa shape index (κ1) is 17.7. The third-order valence-corrected chi connectivity index (χ3v) is 3.84. The second-order valence-electron chi connectivity index (χ2n) is 5.36. The summed E-state index contributed by atoms with van der Waals surface area (Å²) in [5.41, 5.74) is -0.848. The first-order chi connectivity index (χ1) is 10.7. The van der Waals surface area contributed by atoms with Gasteiger partial charge in [-0.05, 0) is 36.6 Å². The quantitative estimate of drug-likeness (QED) is 0.877. The van der Waals surface area contributed by atoms with Gasteiger partial charge in [0.25, 0.3) is 0 Å². The van der Waals surface area contributed by atoms with Gasteiger partial charge >= 0.3 is 6.18 Å². The Kier molecular flexibility index (Phi) is 4.96. The molecule has 23 heavy (non-hydrogen) atoms. The molecule has 1 aromatic heterocycles. The lowest BCUT2D eigenvalue weighted by atomic mass is 9.96. The molecule has 0 aliphatic carbocycles. The van der Waals surface area contributed by atoms with E-state index < -0.39 is 24.0 Å². The molecular formula is C16H16ClF3N2O. The van der Waals surface area contributed by atoms with Crippen LogP contribution >= 0.6 is 11.6 Å². The van der Waals surface area contributed by atoms with Crippen molar-refractivity contribution in [1.29, 1.82) is 0 Å². The predicted octanol–water partition coefficient (Wildman–Crippen LogP) is 4.66.